The Morgan fingerprint density at radius 1 is 0.939 bits per heavy atom. The van der Waals surface area contributed by atoms with Gasteiger partial charge in [0.25, 0.3) is 0 Å². The van der Waals surface area contributed by atoms with Gasteiger partial charge >= 0.3 is 0 Å². The molecule has 0 aliphatic carbocycles. The van der Waals surface area contributed by atoms with Crippen molar-refractivity contribution in [1.82, 2.24) is 0 Å². The minimum absolute atomic E-state index is 0.119. The fraction of sp³-hybridized carbons (Fsp3) is 0.520. The Morgan fingerprint density at radius 3 is 2.33 bits per heavy atom. The Kier molecular flexibility index (Phi) is 7.05. The van der Waals surface area contributed by atoms with E-state index in [-0.39, 0.29) is 13.0 Å². The predicted octanol–water partition coefficient (Wildman–Crippen LogP) is 2.55. The van der Waals surface area contributed by atoms with Crippen molar-refractivity contribution >= 4 is 0 Å². The third kappa shape index (κ3) is 4.84. The Hall–Kier alpha value is -1.88. The van der Waals surface area contributed by atoms with E-state index in [9.17, 15) is 5.11 Å². The van der Waals surface area contributed by atoms with Gasteiger partial charge in [-0.1, -0.05) is 60.7 Å². The highest BCUT2D eigenvalue weighted by Gasteiger charge is 2.60. The molecule has 0 amide bonds. The molecule has 8 heteroatoms. The molecular formula is C25H30O8. The molecule has 0 radical (unpaired) electrons. The molecule has 3 aliphatic rings. The molecule has 0 saturated carbocycles. The molecule has 0 unspecified atom stereocenters. The van der Waals surface area contributed by atoms with Gasteiger partial charge in [-0.25, -0.2) is 0 Å². The lowest BCUT2D eigenvalue weighted by molar-refractivity contribution is -0.395. The first-order valence-corrected chi connectivity index (χ1v) is 11.3. The van der Waals surface area contributed by atoms with Crippen LogP contribution in [0.2, 0.25) is 0 Å². The molecule has 0 bridgehead atoms. The van der Waals surface area contributed by atoms with Crippen LogP contribution in [0.25, 0.3) is 0 Å². The van der Waals surface area contributed by atoms with Crippen LogP contribution in [0.4, 0.5) is 0 Å². The summed E-state index contributed by atoms with van der Waals surface area (Å²) in [5, 5.41) is 12.0. The molecule has 2 aromatic rings. The Balaban J connectivity index is 1.44. The maximum atomic E-state index is 12.0. The zero-order valence-corrected chi connectivity index (χ0v) is 18.6. The molecule has 3 fully saturated rings. The van der Waals surface area contributed by atoms with E-state index < -0.39 is 42.8 Å². The van der Waals surface area contributed by atoms with E-state index in [2.05, 4.69) is 0 Å². The zero-order valence-electron chi connectivity index (χ0n) is 18.6. The second-order valence-corrected chi connectivity index (χ2v) is 8.50. The summed E-state index contributed by atoms with van der Waals surface area (Å²) in [6, 6.07) is 19.5. The largest absolute Gasteiger partial charge is 0.382 e. The quantitative estimate of drug-likeness (QED) is 0.678. The molecule has 5 rings (SSSR count). The lowest BCUT2D eigenvalue weighted by Gasteiger charge is -2.53. The number of fused-ring (bicyclic) bond motifs is 1. The Bertz CT molecular complexity index is 874. The summed E-state index contributed by atoms with van der Waals surface area (Å²) in [5.74, 6) is 0. The van der Waals surface area contributed by atoms with Crippen LogP contribution >= 0.6 is 0 Å². The molecule has 8 nitrogen and oxygen atoms in total. The Labute approximate surface area is 193 Å². The van der Waals surface area contributed by atoms with Gasteiger partial charge in [0, 0.05) is 19.1 Å². The van der Waals surface area contributed by atoms with E-state index >= 15 is 0 Å². The molecule has 178 valence electrons. The van der Waals surface area contributed by atoms with Crippen LogP contribution in [0.3, 0.4) is 0 Å². The summed E-state index contributed by atoms with van der Waals surface area (Å²) in [5.41, 5.74) is 0.299. The van der Waals surface area contributed by atoms with E-state index in [0.717, 1.165) is 11.1 Å². The summed E-state index contributed by atoms with van der Waals surface area (Å²) < 4.78 is 41.7. The van der Waals surface area contributed by atoms with Crippen LogP contribution in [0.5, 0.6) is 0 Å². The van der Waals surface area contributed by atoms with Gasteiger partial charge < -0.3 is 38.3 Å². The molecule has 1 N–H and O–H groups in total. The van der Waals surface area contributed by atoms with Crippen molar-refractivity contribution in [3.8, 4) is 0 Å². The van der Waals surface area contributed by atoms with E-state index in [0.29, 0.717) is 19.8 Å². The van der Waals surface area contributed by atoms with Gasteiger partial charge in [0.1, 0.15) is 23.9 Å². The molecule has 3 heterocycles. The van der Waals surface area contributed by atoms with E-state index in [1.807, 2.05) is 60.7 Å². The van der Waals surface area contributed by atoms with Crippen LogP contribution < -0.4 is 0 Å². The second kappa shape index (κ2) is 10.2. The monoisotopic (exact) mass is 458 g/mol. The molecule has 0 aromatic heterocycles. The van der Waals surface area contributed by atoms with E-state index in [1.165, 1.54) is 7.11 Å². The number of benzene rings is 2. The van der Waals surface area contributed by atoms with Crippen LogP contribution in [0.15, 0.2) is 60.7 Å². The SMILES string of the molecule is CO[C@@H]1O[C@@H]2CO[C@@H](c3ccccc3)O[C@H]2[C@H](OCc2ccccc2)[C@]1(O)CC1OCCO1. The summed E-state index contributed by atoms with van der Waals surface area (Å²) in [4.78, 5) is 0. The zero-order chi connectivity index (χ0) is 22.7. The van der Waals surface area contributed by atoms with Crippen molar-refractivity contribution in [2.45, 2.75) is 55.8 Å². The highest BCUT2D eigenvalue weighted by Crippen LogP contribution is 2.42. The number of methoxy groups -OCH3 is 1. The minimum atomic E-state index is -1.57. The first-order valence-electron chi connectivity index (χ1n) is 11.3. The second-order valence-electron chi connectivity index (χ2n) is 8.50. The Morgan fingerprint density at radius 2 is 1.64 bits per heavy atom. The average Bonchev–Trinajstić information content (AvgIpc) is 3.36. The average molecular weight is 459 g/mol. The van der Waals surface area contributed by atoms with Gasteiger partial charge in [0.05, 0.1) is 26.4 Å². The van der Waals surface area contributed by atoms with Gasteiger partial charge in [0.2, 0.25) is 0 Å². The number of rotatable bonds is 7. The number of ether oxygens (including phenoxy) is 7. The summed E-state index contributed by atoms with van der Waals surface area (Å²) in [6.07, 6.45) is -3.86. The maximum absolute atomic E-state index is 12.0. The van der Waals surface area contributed by atoms with Gasteiger partial charge in [-0.05, 0) is 5.56 Å². The number of hydrogen-bond donors (Lipinski definition) is 1. The van der Waals surface area contributed by atoms with Crippen molar-refractivity contribution < 1.29 is 38.3 Å². The van der Waals surface area contributed by atoms with Crippen molar-refractivity contribution in [1.29, 1.82) is 0 Å². The standard InChI is InChI=1S/C25H30O8/c1-27-24-25(26,14-20-28-12-13-29-20)22(30-15-17-8-4-2-5-9-17)21-19(32-24)16-31-23(33-21)18-10-6-3-7-11-18/h2-11,19-24,26H,12-16H2,1H3/t19-,21-,22+,23-,24-,25-/m1/s1. The van der Waals surface area contributed by atoms with Gasteiger partial charge in [-0.2, -0.15) is 0 Å². The van der Waals surface area contributed by atoms with Gasteiger partial charge in [0.15, 0.2) is 18.9 Å². The summed E-state index contributed by atoms with van der Waals surface area (Å²) in [7, 11) is 1.50. The van der Waals surface area contributed by atoms with Crippen molar-refractivity contribution in [2.75, 3.05) is 26.9 Å². The molecular weight excluding hydrogens is 428 g/mol. The molecule has 6 atom stereocenters. The predicted molar refractivity (Wildman–Crippen MR) is 116 cm³/mol. The summed E-state index contributed by atoms with van der Waals surface area (Å²) in [6.45, 7) is 1.52. The lowest BCUT2D eigenvalue weighted by atomic mass is 9.82. The normalized spacial score (nSPS) is 34.8. The van der Waals surface area contributed by atoms with Crippen molar-refractivity contribution in [3.63, 3.8) is 0 Å². The first-order chi connectivity index (χ1) is 16.2. The molecule has 2 aromatic carbocycles. The van der Waals surface area contributed by atoms with Crippen molar-refractivity contribution in [2.24, 2.45) is 0 Å². The van der Waals surface area contributed by atoms with Crippen LogP contribution in [-0.2, 0) is 39.8 Å². The van der Waals surface area contributed by atoms with Crippen molar-refractivity contribution in [3.05, 3.63) is 71.8 Å². The fourth-order valence-electron chi connectivity index (χ4n) is 4.67. The molecule has 33 heavy (non-hydrogen) atoms. The lowest BCUT2D eigenvalue weighted by Crippen LogP contribution is -2.70. The molecule has 0 spiro atoms. The third-order valence-electron chi connectivity index (χ3n) is 6.30. The topological polar surface area (TPSA) is 84.8 Å². The maximum Gasteiger partial charge on any atom is 0.189 e. The smallest absolute Gasteiger partial charge is 0.189 e. The minimum Gasteiger partial charge on any atom is -0.382 e. The number of aliphatic hydroxyl groups is 1. The van der Waals surface area contributed by atoms with Crippen LogP contribution in [0, 0.1) is 0 Å². The number of hydrogen-bond acceptors (Lipinski definition) is 8. The van der Waals surface area contributed by atoms with Gasteiger partial charge in [-0.15, -0.1) is 0 Å². The fourth-order valence-corrected chi connectivity index (χ4v) is 4.67. The third-order valence-corrected chi connectivity index (χ3v) is 6.30. The van der Waals surface area contributed by atoms with Gasteiger partial charge in [-0.3, -0.25) is 0 Å². The highest BCUT2D eigenvalue weighted by atomic mass is 16.8. The molecule has 3 saturated heterocycles. The molecule has 3 aliphatic heterocycles. The van der Waals surface area contributed by atoms with Crippen LogP contribution in [-0.4, -0.2) is 68.5 Å². The van der Waals surface area contributed by atoms with Crippen LogP contribution in [0.1, 0.15) is 23.8 Å². The van der Waals surface area contributed by atoms with E-state index in [4.69, 9.17) is 33.2 Å². The highest BCUT2D eigenvalue weighted by molar-refractivity contribution is 5.17. The summed E-state index contributed by atoms with van der Waals surface area (Å²) >= 11 is 0. The first kappa shape index (κ1) is 22.9. The van der Waals surface area contributed by atoms with E-state index in [1.54, 1.807) is 0 Å².